The van der Waals surface area contributed by atoms with Crippen molar-refractivity contribution in [1.82, 2.24) is 14.7 Å². The summed E-state index contributed by atoms with van der Waals surface area (Å²) in [4.78, 5) is 15.8. The van der Waals surface area contributed by atoms with Crippen LogP contribution in [0.1, 0.15) is 28.8 Å². The minimum absolute atomic E-state index is 0.0663. The van der Waals surface area contributed by atoms with E-state index in [0.717, 1.165) is 35.9 Å². The fraction of sp³-hybridized carbons (Fsp3) is 0.391. The van der Waals surface area contributed by atoms with Crippen LogP contribution in [0.25, 0.3) is 10.9 Å². The van der Waals surface area contributed by atoms with Crippen LogP contribution >= 0.6 is 0 Å². The van der Waals surface area contributed by atoms with Crippen molar-refractivity contribution in [1.29, 1.82) is 0 Å². The number of benzene rings is 2. The molecule has 5 heteroatoms. The predicted molar refractivity (Wildman–Crippen MR) is 108 cm³/mol. The topological polar surface area (TPSA) is 47.4 Å². The fourth-order valence-electron chi connectivity index (χ4n) is 4.79. The highest BCUT2D eigenvalue weighted by molar-refractivity contribution is 6.00. The van der Waals surface area contributed by atoms with E-state index in [1.54, 1.807) is 0 Å². The van der Waals surface area contributed by atoms with Gasteiger partial charge >= 0.3 is 0 Å². The lowest BCUT2D eigenvalue weighted by molar-refractivity contribution is -0.0872. The molecule has 2 atom stereocenters. The molecule has 2 aliphatic heterocycles. The largest absolute Gasteiger partial charge is 0.378 e. The number of Topliss-reactive ketones (excluding diaryl/α,β-unsaturated/α-hetero) is 1. The smallest absolute Gasteiger partial charge is 0.166 e. The molecule has 5 nitrogen and oxygen atoms in total. The number of piperidine rings is 1. The molecule has 0 aliphatic carbocycles. The standard InChI is InChI=1S/C23H25N3O2/c1-25-22-11-17(7-8-18(22)12-24-25)23(27)19-9-20-14-28-15-21(10-19)26(20)13-16-5-3-2-4-6-16/h2-8,11-12,19-21H,9-10,13-15H2,1H3. The first-order chi connectivity index (χ1) is 13.7. The number of carbonyl (C=O) groups is 1. The average molecular weight is 375 g/mol. The zero-order valence-corrected chi connectivity index (χ0v) is 16.1. The first kappa shape index (κ1) is 17.6. The second-order valence-corrected chi connectivity index (χ2v) is 8.08. The molecular weight excluding hydrogens is 350 g/mol. The summed E-state index contributed by atoms with van der Waals surface area (Å²) >= 11 is 0. The summed E-state index contributed by atoms with van der Waals surface area (Å²) in [5, 5.41) is 5.36. The average Bonchev–Trinajstić information content (AvgIpc) is 3.08. The van der Waals surface area contributed by atoms with Gasteiger partial charge in [0.2, 0.25) is 0 Å². The van der Waals surface area contributed by atoms with Crippen LogP contribution in [0.4, 0.5) is 0 Å². The van der Waals surface area contributed by atoms with Gasteiger partial charge in [-0.2, -0.15) is 5.10 Å². The summed E-state index contributed by atoms with van der Waals surface area (Å²) in [6.07, 6.45) is 3.57. The molecule has 0 radical (unpaired) electrons. The SMILES string of the molecule is Cn1ncc2ccc(C(=O)C3CC4COCC(C3)N4Cc3ccccc3)cc21. The number of hydrogen-bond donors (Lipinski definition) is 0. The molecule has 2 aliphatic rings. The van der Waals surface area contributed by atoms with Crippen LogP contribution in [0.5, 0.6) is 0 Å². The zero-order valence-electron chi connectivity index (χ0n) is 16.1. The Morgan fingerprint density at radius 2 is 1.86 bits per heavy atom. The first-order valence-corrected chi connectivity index (χ1v) is 10.0. The number of ketones is 1. The molecule has 3 aromatic rings. The van der Waals surface area contributed by atoms with Gasteiger partial charge in [0, 0.05) is 42.5 Å². The number of rotatable bonds is 4. The number of ether oxygens (including phenoxy) is 1. The van der Waals surface area contributed by atoms with Gasteiger partial charge in [-0.25, -0.2) is 0 Å². The van der Waals surface area contributed by atoms with Gasteiger partial charge in [-0.3, -0.25) is 14.4 Å². The van der Waals surface area contributed by atoms with Crippen LogP contribution in [0.2, 0.25) is 0 Å². The molecule has 5 rings (SSSR count). The maximum atomic E-state index is 13.3. The Morgan fingerprint density at radius 3 is 2.61 bits per heavy atom. The third-order valence-corrected chi connectivity index (χ3v) is 6.28. The number of fused-ring (bicyclic) bond motifs is 3. The number of morpholine rings is 1. The Kier molecular flexibility index (Phi) is 4.49. The summed E-state index contributed by atoms with van der Waals surface area (Å²) < 4.78 is 7.67. The van der Waals surface area contributed by atoms with Crippen LogP contribution in [0, 0.1) is 5.92 Å². The van der Waals surface area contributed by atoms with Crippen molar-refractivity contribution < 1.29 is 9.53 Å². The lowest BCUT2D eigenvalue weighted by Gasteiger charge is -2.48. The Balaban J connectivity index is 1.36. The predicted octanol–water partition coefficient (Wildman–Crippen LogP) is 3.44. The van der Waals surface area contributed by atoms with Gasteiger partial charge in [0.05, 0.1) is 24.9 Å². The van der Waals surface area contributed by atoms with E-state index in [0.29, 0.717) is 25.3 Å². The maximum Gasteiger partial charge on any atom is 0.166 e. The van der Waals surface area contributed by atoms with E-state index in [1.807, 2.05) is 36.1 Å². The minimum Gasteiger partial charge on any atom is -0.378 e. The lowest BCUT2D eigenvalue weighted by atomic mass is 9.80. The van der Waals surface area contributed by atoms with Gasteiger partial charge in [0.1, 0.15) is 0 Å². The third kappa shape index (κ3) is 3.15. The van der Waals surface area contributed by atoms with E-state index in [1.165, 1.54) is 5.56 Å². The minimum atomic E-state index is 0.0663. The molecule has 0 spiro atoms. The fourth-order valence-corrected chi connectivity index (χ4v) is 4.79. The quantitative estimate of drug-likeness (QED) is 0.656. The molecule has 2 saturated heterocycles. The number of carbonyl (C=O) groups excluding carboxylic acids is 1. The molecule has 0 amide bonds. The highest BCUT2D eigenvalue weighted by atomic mass is 16.5. The highest BCUT2D eigenvalue weighted by Gasteiger charge is 2.41. The zero-order chi connectivity index (χ0) is 19.1. The summed E-state index contributed by atoms with van der Waals surface area (Å²) in [7, 11) is 1.92. The number of hydrogen-bond acceptors (Lipinski definition) is 4. The van der Waals surface area contributed by atoms with E-state index in [9.17, 15) is 4.79 Å². The molecule has 1 aromatic heterocycles. The molecule has 2 fully saturated rings. The van der Waals surface area contributed by atoms with Crippen molar-refractivity contribution >= 4 is 16.7 Å². The van der Waals surface area contributed by atoms with Crippen LogP contribution in [-0.2, 0) is 18.3 Å². The highest BCUT2D eigenvalue weighted by Crippen LogP contribution is 2.35. The summed E-state index contributed by atoms with van der Waals surface area (Å²) in [6.45, 7) is 2.36. The number of nitrogens with zero attached hydrogens (tertiary/aromatic N) is 3. The molecule has 3 heterocycles. The van der Waals surface area contributed by atoms with Crippen molar-refractivity contribution in [2.24, 2.45) is 13.0 Å². The monoisotopic (exact) mass is 375 g/mol. The number of aromatic nitrogens is 2. The van der Waals surface area contributed by atoms with E-state index in [2.05, 4.69) is 40.3 Å². The van der Waals surface area contributed by atoms with Gasteiger partial charge in [-0.15, -0.1) is 0 Å². The van der Waals surface area contributed by atoms with Crippen molar-refractivity contribution in [3.63, 3.8) is 0 Å². The second-order valence-electron chi connectivity index (χ2n) is 8.08. The van der Waals surface area contributed by atoms with Gasteiger partial charge < -0.3 is 4.74 Å². The van der Waals surface area contributed by atoms with Crippen molar-refractivity contribution in [2.75, 3.05) is 13.2 Å². The third-order valence-electron chi connectivity index (χ3n) is 6.28. The molecule has 2 aromatic carbocycles. The Morgan fingerprint density at radius 1 is 1.11 bits per heavy atom. The van der Waals surface area contributed by atoms with Gasteiger partial charge in [-0.1, -0.05) is 42.5 Å². The Bertz CT molecular complexity index is 984. The summed E-state index contributed by atoms with van der Waals surface area (Å²) in [5.74, 6) is 0.330. The summed E-state index contributed by atoms with van der Waals surface area (Å²) in [6, 6.07) is 17.2. The van der Waals surface area contributed by atoms with E-state index >= 15 is 0 Å². The van der Waals surface area contributed by atoms with E-state index < -0.39 is 0 Å². The Labute approximate surface area is 164 Å². The van der Waals surface area contributed by atoms with Crippen LogP contribution in [0.15, 0.2) is 54.7 Å². The normalized spacial score (nSPS) is 25.1. The lowest BCUT2D eigenvalue weighted by Crippen LogP contribution is -2.57. The van der Waals surface area contributed by atoms with Crippen molar-refractivity contribution in [2.45, 2.75) is 31.5 Å². The van der Waals surface area contributed by atoms with Crippen molar-refractivity contribution in [3.8, 4) is 0 Å². The maximum absolute atomic E-state index is 13.3. The summed E-state index contributed by atoms with van der Waals surface area (Å²) in [5.41, 5.74) is 3.14. The molecular formula is C23H25N3O2. The number of aryl methyl sites for hydroxylation is 1. The first-order valence-electron chi connectivity index (χ1n) is 10.0. The molecule has 144 valence electrons. The van der Waals surface area contributed by atoms with E-state index in [-0.39, 0.29) is 11.7 Å². The molecule has 2 bridgehead atoms. The molecule has 28 heavy (non-hydrogen) atoms. The van der Waals surface area contributed by atoms with Crippen molar-refractivity contribution in [3.05, 3.63) is 65.9 Å². The Hall–Kier alpha value is -2.50. The van der Waals surface area contributed by atoms with Crippen LogP contribution < -0.4 is 0 Å². The molecule has 0 saturated carbocycles. The second kappa shape index (κ2) is 7.15. The van der Waals surface area contributed by atoms with Crippen LogP contribution in [0.3, 0.4) is 0 Å². The molecule has 2 unspecified atom stereocenters. The van der Waals surface area contributed by atoms with Crippen LogP contribution in [-0.4, -0.2) is 45.8 Å². The van der Waals surface area contributed by atoms with Gasteiger partial charge in [0.15, 0.2) is 5.78 Å². The van der Waals surface area contributed by atoms with E-state index in [4.69, 9.17) is 4.74 Å². The van der Waals surface area contributed by atoms with Gasteiger partial charge in [-0.05, 0) is 24.5 Å². The molecule has 0 N–H and O–H groups in total. The van der Waals surface area contributed by atoms with Gasteiger partial charge in [0.25, 0.3) is 0 Å².